The maximum Gasteiger partial charge on any atom is 0.325 e. The van der Waals surface area contributed by atoms with Gasteiger partial charge in [0.1, 0.15) is 18.2 Å². The second-order valence-corrected chi connectivity index (χ2v) is 6.76. The third-order valence-electron chi connectivity index (χ3n) is 3.83. The number of aliphatic hydroxyl groups is 1. The summed E-state index contributed by atoms with van der Waals surface area (Å²) >= 11 is 12.0. The van der Waals surface area contributed by atoms with Crippen molar-refractivity contribution in [2.75, 3.05) is 13.2 Å². The molecular weight excluding hydrogens is 355 g/mol. The van der Waals surface area contributed by atoms with Gasteiger partial charge in [-0.15, -0.1) is 0 Å². The fourth-order valence-corrected chi connectivity index (χ4v) is 3.15. The van der Waals surface area contributed by atoms with Gasteiger partial charge in [0, 0.05) is 0 Å². The molecular formula is C16H20Cl2N2O4. The number of urea groups is 1. The summed E-state index contributed by atoms with van der Waals surface area (Å²) in [6.45, 7) is 3.31. The third kappa shape index (κ3) is 3.94. The fourth-order valence-electron chi connectivity index (χ4n) is 2.65. The van der Waals surface area contributed by atoms with Crippen LogP contribution in [0.2, 0.25) is 10.0 Å². The maximum atomic E-state index is 12.4. The van der Waals surface area contributed by atoms with Crippen molar-refractivity contribution in [3.8, 4) is 5.75 Å². The number of carbonyl (C=O) groups excluding carboxylic acids is 2. The van der Waals surface area contributed by atoms with Gasteiger partial charge in [-0.1, -0.05) is 42.6 Å². The first-order chi connectivity index (χ1) is 11.3. The van der Waals surface area contributed by atoms with Crippen molar-refractivity contribution in [3.63, 3.8) is 0 Å². The highest BCUT2D eigenvalue weighted by Gasteiger charge is 2.47. The second-order valence-electron chi connectivity index (χ2n) is 5.94. The fraction of sp³-hybridized carbons (Fsp3) is 0.500. The van der Waals surface area contributed by atoms with E-state index in [1.165, 1.54) is 0 Å². The second kappa shape index (κ2) is 7.59. The molecule has 2 unspecified atom stereocenters. The lowest BCUT2D eigenvalue weighted by atomic mass is 9.96. The number of aliphatic hydroxyl groups excluding tert-OH is 1. The van der Waals surface area contributed by atoms with Gasteiger partial charge in [0.05, 0.1) is 16.6 Å². The third-order valence-corrected chi connectivity index (χ3v) is 4.42. The van der Waals surface area contributed by atoms with Crippen LogP contribution in [0.25, 0.3) is 0 Å². The molecule has 1 heterocycles. The van der Waals surface area contributed by atoms with Gasteiger partial charge in [-0.3, -0.25) is 9.69 Å². The molecule has 6 nitrogen and oxygen atoms in total. The lowest BCUT2D eigenvalue weighted by Crippen LogP contribution is -2.44. The highest BCUT2D eigenvalue weighted by Crippen LogP contribution is 2.32. The summed E-state index contributed by atoms with van der Waals surface area (Å²) in [7, 11) is 0. The minimum atomic E-state index is -1.06. The average Bonchev–Trinajstić information content (AvgIpc) is 2.70. The Bertz CT molecular complexity index is 620. The molecule has 1 aromatic carbocycles. The zero-order chi connectivity index (χ0) is 17.9. The number of hydrogen-bond acceptors (Lipinski definition) is 4. The van der Waals surface area contributed by atoms with E-state index in [9.17, 15) is 14.7 Å². The highest BCUT2D eigenvalue weighted by molar-refractivity contribution is 6.37. The molecule has 0 radical (unpaired) electrons. The van der Waals surface area contributed by atoms with Crippen LogP contribution in [0, 0.1) is 0 Å². The van der Waals surface area contributed by atoms with Gasteiger partial charge in [-0.05, 0) is 25.5 Å². The molecule has 0 aliphatic carbocycles. The summed E-state index contributed by atoms with van der Waals surface area (Å²) in [4.78, 5) is 25.4. The number of amides is 3. The van der Waals surface area contributed by atoms with Gasteiger partial charge in [0.2, 0.25) is 0 Å². The Balaban J connectivity index is 1.96. The van der Waals surface area contributed by atoms with Crippen molar-refractivity contribution in [2.24, 2.45) is 0 Å². The maximum absolute atomic E-state index is 12.4. The number of para-hydroxylation sites is 1. The number of nitrogens with zero attached hydrogens (tertiary/aromatic N) is 1. The van der Waals surface area contributed by atoms with Crippen LogP contribution in [0.15, 0.2) is 18.2 Å². The molecule has 1 aliphatic heterocycles. The zero-order valence-corrected chi connectivity index (χ0v) is 15.0. The normalized spacial score (nSPS) is 21.8. The van der Waals surface area contributed by atoms with Crippen LogP contribution in [0.4, 0.5) is 4.79 Å². The average molecular weight is 375 g/mol. The molecule has 3 amide bonds. The van der Waals surface area contributed by atoms with E-state index >= 15 is 0 Å². The predicted octanol–water partition coefficient (Wildman–Crippen LogP) is 2.84. The Hall–Kier alpha value is -1.50. The number of β-amino-alcohol motifs (C(OH)–C–C–N with tert-alkyl or cyclic N) is 1. The molecule has 2 rings (SSSR count). The molecule has 1 fully saturated rings. The van der Waals surface area contributed by atoms with E-state index in [0.717, 1.165) is 11.3 Å². The van der Waals surface area contributed by atoms with E-state index in [-0.39, 0.29) is 24.8 Å². The van der Waals surface area contributed by atoms with Gasteiger partial charge in [-0.2, -0.15) is 0 Å². The molecule has 132 valence electrons. The van der Waals surface area contributed by atoms with Crippen LogP contribution in [0.3, 0.4) is 0 Å². The Kier molecular flexibility index (Phi) is 5.96. The zero-order valence-electron chi connectivity index (χ0n) is 13.5. The van der Waals surface area contributed by atoms with E-state index in [1.807, 2.05) is 6.92 Å². The molecule has 2 atom stereocenters. The minimum absolute atomic E-state index is 0.148. The number of carbonyl (C=O) groups is 2. The molecule has 24 heavy (non-hydrogen) atoms. The summed E-state index contributed by atoms with van der Waals surface area (Å²) in [5.41, 5.74) is -0.918. The quantitative estimate of drug-likeness (QED) is 0.719. The van der Waals surface area contributed by atoms with E-state index < -0.39 is 17.7 Å². The molecule has 0 saturated carbocycles. The molecule has 8 heteroatoms. The van der Waals surface area contributed by atoms with Crippen LogP contribution in [-0.2, 0) is 4.79 Å². The Morgan fingerprint density at radius 3 is 2.54 bits per heavy atom. The van der Waals surface area contributed by atoms with E-state index in [0.29, 0.717) is 16.5 Å². The summed E-state index contributed by atoms with van der Waals surface area (Å²) in [6, 6.07) is 4.40. The Morgan fingerprint density at radius 1 is 1.33 bits per heavy atom. The predicted molar refractivity (Wildman–Crippen MR) is 91.5 cm³/mol. The van der Waals surface area contributed by atoms with Crippen LogP contribution in [0.1, 0.15) is 26.7 Å². The number of hydrogen-bond donors (Lipinski definition) is 2. The highest BCUT2D eigenvalue weighted by atomic mass is 35.5. The van der Waals surface area contributed by atoms with Crippen molar-refractivity contribution in [1.82, 2.24) is 10.2 Å². The first kappa shape index (κ1) is 18.8. The number of rotatable bonds is 7. The van der Waals surface area contributed by atoms with Crippen molar-refractivity contribution in [1.29, 1.82) is 0 Å². The van der Waals surface area contributed by atoms with Gasteiger partial charge >= 0.3 is 6.03 Å². The number of benzene rings is 1. The summed E-state index contributed by atoms with van der Waals surface area (Å²) in [5.74, 6) is -0.0860. The van der Waals surface area contributed by atoms with Gasteiger partial charge in [0.25, 0.3) is 5.91 Å². The first-order valence-corrected chi connectivity index (χ1v) is 8.43. The summed E-state index contributed by atoms with van der Waals surface area (Å²) in [5, 5.41) is 13.4. The standard InChI is InChI=1S/C16H20Cl2N2O4/c1-3-7-16(2)14(22)20(15(23)19-16)8-10(21)9-24-13-11(17)5-4-6-12(13)18/h4-6,10,21H,3,7-9H2,1-2H3,(H,19,23). The van der Waals surface area contributed by atoms with E-state index in [1.54, 1.807) is 25.1 Å². The van der Waals surface area contributed by atoms with E-state index in [2.05, 4.69) is 5.32 Å². The van der Waals surface area contributed by atoms with Crippen LogP contribution in [-0.4, -0.2) is 46.7 Å². The molecule has 1 aromatic rings. The van der Waals surface area contributed by atoms with E-state index in [4.69, 9.17) is 27.9 Å². The van der Waals surface area contributed by atoms with Crippen LogP contribution >= 0.6 is 23.2 Å². The van der Waals surface area contributed by atoms with Gasteiger partial charge in [0.15, 0.2) is 5.75 Å². The largest absolute Gasteiger partial charge is 0.488 e. The summed E-state index contributed by atoms with van der Waals surface area (Å²) < 4.78 is 5.43. The van der Waals surface area contributed by atoms with Gasteiger partial charge in [-0.25, -0.2) is 4.79 Å². The SMILES string of the molecule is CCCC1(C)NC(=O)N(CC(O)COc2c(Cl)cccc2Cl)C1=O. The summed E-state index contributed by atoms with van der Waals surface area (Å²) in [6.07, 6.45) is 0.235. The van der Waals surface area contributed by atoms with Crippen LogP contribution < -0.4 is 10.1 Å². The number of ether oxygens (including phenoxy) is 1. The molecule has 1 aliphatic rings. The smallest absolute Gasteiger partial charge is 0.325 e. The molecule has 0 bridgehead atoms. The molecule has 0 spiro atoms. The van der Waals surface area contributed by atoms with Crippen molar-refractivity contribution in [3.05, 3.63) is 28.2 Å². The lowest BCUT2D eigenvalue weighted by molar-refractivity contribution is -0.132. The molecule has 2 N–H and O–H groups in total. The van der Waals surface area contributed by atoms with Crippen molar-refractivity contribution >= 4 is 35.1 Å². The number of imide groups is 1. The van der Waals surface area contributed by atoms with Crippen molar-refractivity contribution < 1.29 is 19.4 Å². The van der Waals surface area contributed by atoms with Crippen molar-refractivity contribution in [2.45, 2.75) is 38.3 Å². The van der Waals surface area contributed by atoms with Gasteiger partial charge < -0.3 is 15.2 Å². The Labute approximate surface area is 150 Å². The first-order valence-electron chi connectivity index (χ1n) is 7.67. The number of nitrogens with one attached hydrogen (secondary N) is 1. The topological polar surface area (TPSA) is 78.9 Å². The van der Waals surface area contributed by atoms with Crippen LogP contribution in [0.5, 0.6) is 5.75 Å². The lowest BCUT2D eigenvalue weighted by Gasteiger charge is -2.22. The monoisotopic (exact) mass is 374 g/mol. The molecule has 0 aromatic heterocycles. The Morgan fingerprint density at radius 2 is 1.96 bits per heavy atom. The minimum Gasteiger partial charge on any atom is -0.488 e. The molecule has 1 saturated heterocycles. The number of halogens is 2.